The fourth-order valence-electron chi connectivity index (χ4n) is 1.61. The van der Waals surface area contributed by atoms with E-state index in [1.807, 2.05) is 6.07 Å². The lowest BCUT2D eigenvalue weighted by Crippen LogP contribution is -2.09. The van der Waals surface area contributed by atoms with Gasteiger partial charge in [0.1, 0.15) is 6.61 Å². The van der Waals surface area contributed by atoms with E-state index < -0.39 is 7.26 Å². The SMILES string of the molecule is C=CC(=O)OCC[P+](C)(C)Cc1ccccc1. The molecule has 0 saturated heterocycles. The van der Waals surface area contributed by atoms with Crippen LogP contribution in [0.1, 0.15) is 5.56 Å². The lowest BCUT2D eigenvalue weighted by molar-refractivity contribution is -0.137. The molecule has 0 N–H and O–H groups in total. The molecule has 1 rings (SSSR count). The summed E-state index contributed by atoms with van der Waals surface area (Å²) < 4.78 is 5.04. The van der Waals surface area contributed by atoms with Crippen LogP contribution in [0.3, 0.4) is 0 Å². The molecular formula is C14H20O2P+. The quantitative estimate of drug-likeness (QED) is 0.441. The summed E-state index contributed by atoms with van der Waals surface area (Å²) >= 11 is 0. The van der Waals surface area contributed by atoms with Crippen molar-refractivity contribution in [2.45, 2.75) is 6.16 Å². The predicted molar refractivity (Wildman–Crippen MR) is 74.9 cm³/mol. The van der Waals surface area contributed by atoms with Crippen LogP contribution in [0.4, 0.5) is 0 Å². The molecule has 0 aromatic heterocycles. The lowest BCUT2D eigenvalue weighted by atomic mass is 10.2. The third kappa shape index (κ3) is 5.65. The fraction of sp³-hybridized carbons (Fsp3) is 0.357. The molecule has 0 heterocycles. The van der Waals surface area contributed by atoms with Crippen LogP contribution in [0, 0.1) is 0 Å². The summed E-state index contributed by atoms with van der Waals surface area (Å²) in [5, 5.41) is 0. The molecule has 2 nitrogen and oxygen atoms in total. The largest absolute Gasteiger partial charge is 0.459 e. The fourth-order valence-corrected chi connectivity index (χ4v) is 3.55. The molecule has 0 aliphatic carbocycles. The maximum Gasteiger partial charge on any atom is 0.330 e. The first-order chi connectivity index (χ1) is 8.03. The average molecular weight is 251 g/mol. The van der Waals surface area contributed by atoms with E-state index in [0.29, 0.717) is 6.61 Å². The summed E-state index contributed by atoms with van der Waals surface area (Å²) in [5.74, 6) is -0.329. The second kappa shape index (κ2) is 6.56. The van der Waals surface area contributed by atoms with Gasteiger partial charge >= 0.3 is 5.97 Å². The van der Waals surface area contributed by atoms with Gasteiger partial charge in [0.2, 0.25) is 0 Å². The second-order valence-electron chi connectivity index (χ2n) is 4.67. The summed E-state index contributed by atoms with van der Waals surface area (Å²) in [5.41, 5.74) is 1.36. The summed E-state index contributed by atoms with van der Waals surface area (Å²) in [6.45, 7) is 8.46. The monoisotopic (exact) mass is 251 g/mol. The van der Waals surface area contributed by atoms with Crippen molar-refractivity contribution in [3.8, 4) is 0 Å². The zero-order valence-corrected chi connectivity index (χ0v) is 11.5. The molecule has 92 valence electrons. The summed E-state index contributed by atoms with van der Waals surface area (Å²) in [6.07, 6.45) is 3.27. The minimum absolute atomic E-state index is 0.329. The number of rotatable bonds is 6. The van der Waals surface area contributed by atoms with Crippen molar-refractivity contribution in [3.05, 3.63) is 48.6 Å². The third-order valence-electron chi connectivity index (χ3n) is 2.56. The first-order valence-electron chi connectivity index (χ1n) is 5.68. The first kappa shape index (κ1) is 13.9. The molecule has 0 aliphatic rings. The van der Waals surface area contributed by atoms with Gasteiger partial charge in [0, 0.05) is 26.7 Å². The van der Waals surface area contributed by atoms with Crippen LogP contribution in [0.5, 0.6) is 0 Å². The number of esters is 1. The molecule has 0 spiro atoms. The van der Waals surface area contributed by atoms with Crippen LogP contribution in [0.15, 0.2) is 43.0 Å². The van der Waals surface area contributed by atoms with Crippen molar-refractivity contribution >= 4 is 13.2 Å². The molecule has 17 heavy (non-hydrogen) atoms. The van der Waals surface area contributed by atoms with Gasteiger partial charge in [-0.25, -0.2) is 4.79 Å². The van der Waals surface area contributed by atoms with Gasteiger partial charge in [-0.1, -0.05) is 36.9 Å². The summed E-state index contributed by atoms with van der Waals surface area (Å²) in [6, 6.07) is 10.5. The molecule has 0 fully saturated rings. The molecule has 0 aliphatic heterocycles. The topological polar surface area (TPSA) is 26.3 Å². The van der Waals surface area contributed by atoms with Crippen molar-refractivity contribution in [2.75, 3.05) is 26.1 Å². The van der Waals surface area contributed by atoms with E-state index in [0.717, 1.165) is 12.3 Å². The maximum absolute atomic E-state index is 10.9. The Kier molecular flexibility index (Phi) is 5.37. The van der Waals surface area contributed by atoms with Crippen molar-refractivity contribution in [3.63, 3.8) is 0 Å². The highest BCUT2D eigenvalue weighted by molar-refractivity contribution is 7.73. The van der Waals surface area contributed by atoms with Crippen LogP contribution in [0.2, 0.25) is 0 Å². The van der Waals surface area contributed by atoms with E-state index in [9.17, 15) is 4.79 Å². The molecule has 0 amide bonds. The Morgan fingerprint density at radius 3 is 2.59 bits per heavy atom. The number of benzene rings is 1. The molecule has 0 saturated carbocycles. The Morgan fingerprint density at radius 2 is 2.00 bits per heavy atom. The molecule has 3 heteroatoms. The van der Waals surface area contributed by atoms with E-state index in [2.05, 4.69) is 44.2 Å². The summed E-state index contributed by atoms with van der Waals surface area (Å²) in [4.78, 5) is 10.9. The highest BCUT2D eigenvalue weighted by Crippen LogP contribution is 2.53. The Morgan fingerprint density at radius 1 is 1.35 bits per heavy atom. The second-order valence-corrected chi connectivity index (χ2v) is 9.31. The van der Waals surface area contributed by atoms with Gasteiger partial charge in [-0.15, -0.1) is 0 Å². The molecule has 0 bridgehead atoms. The standard InChI is InChI=1S/C14H20O2P/c1-4-14(15)16-10-11-17(2,3)12-13-8-6-5-7-9-13/h4-9H,1,10-12H2,2-3H3/q+1. The van der Waals surface area contributed by atoms with E-state index in [1.165, 1.54) is 11.6 Å². The molecular weight excluding hydrogens is 231 g/mol. The van der Waals surface area contributed by atoms with Gasteiger partial charge in [-0.3, -0.25) is 0 Å². The van der Waals surface area contributed by atoms with Crippen molar-refractivity contribution < 1.29 is 9.53 Å². The van der Waals surface area contributed by atoms with E-state index in [-0.39, 0.29) is 5.97 Å². The van der Waals surface area contributed by atoms with E-state index in [4.69, 9.17) is 4.74 Å². The molecule has 1 aromatic carbocycles. The first-order valence-corrected chi connectivity index (χ1v) is 8.74. The minimum Gasteiger partial charge on any atom is -0.459 e. The van der Waals surface area contributed by atoms with E-state index in [1.54, 1.807) is 0 Å². The molecule has 0 atom stereocenters. The Bertz CT molecular complexity index is 371. The number of ether oxygens (including phenoxy) is 1. The number of hydrogen-bond donors (Lipinski definition) is 0. The highest BCUT2D eigenvalue weighted by atomic mass is 31.2. The smallest absolute Gasteiger partial charge is 0.330 e. The van der Waals surface area contributed by atoms with Crippen LogP contribution in [0.25, 0.3) is 0 Å². The maximum atomic E-state index is 10.9. The van der Waals surface area contributed by atoms with Gasteiger partial charge in [0.25, 0.3) is 0 Å². The molecule has 0 radical (unpaired) electrons. The Labute approximate surface area is 104 Å². The zero-order chi connectivity index (χ0) is 12.7. The van der Waals surface area contributed by atoms with Gasteiger partial charge in [0.15, 0.2) is 0 Å². The predicted octanol–water partition coefficient (Wildman–Crippen LogP) is 3.19. The van der Waals surface area contributed by atoms with Gasteiger partial charge < -0.3 is 4.74 Å². The van der Waals surface area contributed by atoms with Crippen LogP contribution >= 0.6 is 7.26 Å². The normalized spacial score (nSPS) is 10.9. The zero-order valence-electron chi connectivity index (χ0n) is 10.6. The van der Waals surface area contributed by atoms with Crippen LogP contribution in [-0.2, 0) is 15.7 Å². The van der Waals surface area contributed by atoms with Gasteiger partial charge in [0.05, 0.1) is 12.3 Å². The number of carbonyl (C=O) groups excluding carboxylic acids is 1. The van der Waals surface area contributed by atoms with E-state index >= 15 is 0 Å². The molecule has 1 aromatic rings. The lowest BCUT2D eigenvalue weighted by Gasteiger charge is -2.17. The third-order valence-corrected chi connectivity index (χ3v) is 5.18. The van der Waals surface area contributed by atoms with Crippen molar-refractivity contribution in [2.24, 2.45) is 0 Å². The Hall–Kier alpha value is -1.14. The van der Waals surface area contributed by atoms with Crippen molar-refractivity contribution in [1.82, 2.24) is 0 Å². The highest BCUT2D eigenvalue weighted by Gasteiger charge is 2.25. The molecule has 0 unspecified atom stereocenters. The number of carbonyl (C=O) groups is 1. The van der Waals surface area contributed by atoms with Gasteiger partial charge in [-0.2, -0.15) is 0 Å². The van der Waals surface area contributed by atoms with Crippen molar-refractivity contribution in [1.29, 1.82) is 0 Å². The van der Waals surface area contributed by atoms with Crippen LogP contribution < -0.4 is 0 Å². The Balaban J connectivity index is 2.41. The van der Waals surface area contributed by atoms with Crippen LogP contribution in [-0.4, -0.2) is 32.1 Å². The minimum atomic E-state index is -1.04. The summed E-state index contributed by atoms with van der Waals surface area (Å²) in [7, 11) is -1.04. The number of hydrogen-bond acceptors (Lipinski definition) is 2. The van der Waals surface area contributed by atoms with Gasteiger partial charge in [-0.05, 0) is 5.56 Å². The average Bonchev–Trinajstić information content (AvgIpc) is 2.29.